The van der Waals surface area contributed by atoms with E-state index in [4.69, 9.17) is 15.3 Å². The molecule has 15 heavy (non-hydrogen) atoms. The van der Waals surface area contributed by atoms with Crippen molar-refractivity contribution in [3.8, 4) is 0 Å². The van der Waals surface area contributed by atoms with Crippen molar-refractivity contribution in [2.24, 2.45) is 0 Å². The van der Waals surface area contributed by atoms with E-state index >= 15 is 0 Å². The molecule has 0 bridgehead atoms. The van der Waals surface area contributed by atoms with E-state index < -0.39 is 0 Å². The first-order valence-electron chi connectivity index (χ1n) is 5.76. The molecule has 0 spiro atoms. The lowest BCUT2D eigenvalue weighted by Gasteiger charge is -2.33. The first-order chi connectivity index (χ1) is 7.24. The molecule has 92 valence electrons. The summed E-state index contributed by atoms with van der Waals surface area (Å²) in [6.07, 6.45) is 4.95. The van der Waals surface area contributed by atoms with E-state index in [1.54, 1.807) is 0 Å². The van der Waals surface area contributed by atoms with Crippen LogP contribution in [0.1, 0.15) is 38.5 Å². The normalized spacial score (nSPS) is 12.0. The fraction of sp³-hybridized carbons (Fsp3) is 1.00. The number of rotatable bonds is 10. The summed E-state index contributed by atoms with van der Waals surface area (Å²) in [6.45, 7) is 0.588. The second-order valence-electron chi connectivity index (χ2n) is 4.01. The first-order valence-corrected chi connectivity index (χ1v) is 5.76. The fourth-order valence-electron chi connectivity index (χ4n) is 2.00. The minimum absolute atomic E-state index is 0.0335. The summed E-state index contributed by atoms with van der Waals surface area (Å²) in [5.41, 5.74) is -0.0335. The molecule has 0 aromatic carbocycles. The molecule has 0 saturated carbocycles. The maximum absolute atomic E-state index is 8.85. The van der Waals surface area contributed by atoms with Gasteiger partial charge in [-0.1, -0.05) is 0 Å². The molecule has 4 heteroatoms. The second-order valence-corrected chi connectivity index (χ2v) is 4.01. The molecule has 4 nitrogen and oxygen atoms in total. The van der Waals surface area contributed by atoms with E-state index in [0.29, 0.717) is 0 Å². The highest BCUT2D eigenvalue weighted by molar-refractivity contribution is 4.86. The van der Waals surface area contributed by atoms with Gasteiger partial charge in [0, 0.05) is 25.4 Å². The number of aliphatic hydroxyl groups excluding tert-OH is 3. The quantitative estimate of drug-likeness (QED) is 0.425. The van der Waals surface area contributed by atoms with E-state index in [9.17, 15) is 0 Å². The van der Waals surface area contributed by atoms with Crippen molar-refractivity contribution in [2.45, 2.75) is 44.1 Å². The van der Waals surface area contributed by atoms with E-state index in [1.165, 1.54) is 0 Å². The molecule has 0 fully saturated rings. The Bertz CT molecular complexity index is 120. The van der Waals surface area contributed by atoms with Crippen LogP contribution in [-0.2, 0) is 0 Å². The molecular weight excluding hydrogens is 194 g/mol. The lowest BCUT2D eigenvalue weighted by atomic mass is 9.84. The molecule has 0 aromatic rings. The molecule has 4 N–H and O–H groups in total. The summed E-state index contributed by atoms with van der Waals surface area (Å²) in [7, 11) is 1.91. The Morgan fingerprint density at radius 3 is 1.33 bits per heavy atom. The summed E-state index contributed by atoms with van der Waals surface area (Å²) in [5.74, 6) is 0. The summed E-state index contributed by atoms with van der Waals surface area (Å²) in [5, 5.41) is 29.8. The molecule has 0 aromatic heterocycles. The summed E-state index contributed by atoms with van der Waals surface area (Å²) < 4.78 is 0. The monoisotopic (exact) mass is 219 g/mol. The Morgan fingerprint density at radius 1 is 0.800 bits per heavy atom. The van der Waals surface area contributed by atoms with Gasteiger partial charge in [0.05, 0.1) is 0 Å². The minimum Gasteiger partial charge on any atom is -0.396 e. The predicted molar refractivity (Wildman–Crippen MR) is 60.8 cm³/mol. The van der Waals surface area contributed by atoms with Gasteiger partial charge >= 0.3 is 0 Å². The van der Waals surface area contributed by atoms with Gasteiger partial charge in [0.15, 0.2) is 0 Å². The van der Waals surface area contributed by atoms with Crippen molar-refractivity contribution in [3.05, 3.63) is 0 Å². The van der Waals surface area contributed by atoms with Crippen molar-refractivity contribution in [1.82, 2.24) is 5.32 Å². The average molecular weight is 219 g/mol. The predicted octanol–water partition coefficient (Wildman–Crippen LogP) is 0.262. The SMILES string of the molecule is CNC(CCCO)(CCCO)CCCO. The standard InChI is InChI=1S/C11H25NO3/c1-12-11(5-2-8-13,6-3-9-14)7-4-10-15/h12-15H,2-10H2,1H3. The highest BCUT2D eigenvalue weighted by Gasteiger charge is 2.26. The minimum atomic E-state index is -0.0335. The van der Waals surface area contributed by atoms with Gasteiger partial charge in [-0.25, -0.2) is 0 Å². The number of aliphatic hydroxyl groups is 3. The van der Waals surface area contributed by atoms with E-state index in [2.05, 4.69) is 5.32 Å². The maximum atomic E-state index is 8.85. The van der Waals surface area contributed by atoms with Crippen molar-refractivity contribution in [1.29, 1.82) is 0 Å². The lowest BCUT2D eigenvalue weighted by Crippen LogP contribution is -2.43. The van der Waals surface area contributed by atoms with Gasteiger partial charge in [-0.2, -0.15) is 0 Å². The van der Waals surface area contributed by atoms with Gasteiger partial charge in [0.25, 0.3) is 0 Å². The molecule has 0 amide bonds. The second kappa shape index (κ2) is 9.09. The van der Waals surface area contributed by atoms with Crippen LogP contribution in [0.3, 0.4) is 0 Å². The maximum Gasteiger partial charge on any atom is 0.0431 e. The van der Waals surface area contributed by atoms with Gasteiger partial charge in [-0.3, -0.25) is 0 Å². The molecule has 0 radical (unpaired) electrons. The fourth-order valence-corrected chi connectivity index (χ4v) is 2.00. The Morgan fingerprint density at radius 2 is 1.13 bits per heavy atom. The molecule has 0 aliphatic rings. The number of hydrogen-bond donors (Lipinski definition) is 4. The third kappa shape index (κ3) is 6.10. The smallest absolute Gasteiger partial charge is 0.0431 e. The van der Waals surface area contributed by atoms with Gasteiger partial charge in [-0.15, -0.1) is 0 Å². The lowest BCUT2D eigenvalue weighted by molar-refractivity contribution is 0.186. The highest BCUT2D eigenvalue weighted by atomic mass is 16.3. The van der Waals surface area contributed by atoms with Crippen LogP contribution in [0.15, 0.2) is 0 Å². The third-order valence-corrected chi connectivity index (χ3v) is 2.97. The molecule has 0 saturated heterocycles. The largest absolute Gasteiger partial charge is 0.396 e. The Hall–Kier alpha value is -0.160. The number of hydrogen-bond acceptors (Lipinski definition) is 4. The highest BCUT2D eigenvalue weighted by Crippen LogP contribution is 2.24. The zero-order valence-electron chi connectivity index (χ0n) is 9.71. The van der Waals surface area contributed by atoms with Crippen LogP contribution in [-0.4, -0.2) is 47.7 Å². The average Bonchev–Trinajstić information content (AvgIpc) is 2.29. The Labute approximate surface area is 92.3 Å². The molecular formula is C11H25NO3. The topological polar surface area (TPSA) is 72.7 Å². The Balaban J connectivity index is 4.16. The molecule has 0 unspecified atom stereocenters. The molecule has 0 atom stereocenters. The van der Waals surface area contributed by atoms with Crippen molar-refractivity contribution in [2.75, 3.05) is 26.9 Å². The molecule has 0 rings (SSSR count). The van der Waals surface area contributed by atoms with Gasteiger partial charge in [-0.05, 0) is 45.6 Å². The van der Waals surface area contributed by atoms with Crippen LogP contribution >= 0.6 is 0 Å². The van der Waals surface area contributed by atoms with E-state index in [0.717, 1.165) is 38.5 Å². The third-order valence-electron chi connectivity index (χ3n) is 2.97. The zero-order chi connectivity index (χ0) is 11.6. The summed E-state index contributed by atoms with van der Waals surface area (Å²) >= 11 is 0. The van der Waals surface area contributed by atoms with Gasteiger partial charge in [0.1, 0.15) is 0 Å². The van der Waals surface area contributed by atoms with E-state index in [-0.39, 0.29) is 25.4 Å². The summed E-state index contributed by atoms with van der Waals surface area (Å²) in [6, 6.07) is 0. The zero-order valence-corrected chi connectivity index (χ0v) is 9.71. The van der Waals surface area contributed by atoms with Crippen molar-refractivity contribution < 1.29 is 15.3 Å². The van der Waals surface area contributed by atoms with Crippen LogP contribution in [0.25, 0.3) is 0 Å². The van der Waals surface area contributed by atoms with E-state index in [1.807, 2.05) is 7.05 Å². The van der Waals surface area contributed by atoms with Crippen LogP contribution < -0.4 is 5.32 Å². The van der Waals surface area contributed by atoms with Crippen LogP contribution in [0.2, 0.25) is 0 Å². The Kier molecular flexibility index (Phi) is 9.00. The van der Waals surface area contributed by atoms with Gasteiger partial charge < -0.3 is 20.6 Å². The number of nitrogens with one attached hydrogen (secondary N) is 1. The van der Waals surface area contributed by atoms with Crippen molar-refractivity contribution in [3.63, 3.8) is 0 Å². The van der Waals surface area contributed by atoms with Crippen LogP contribution in [0.5, 0.6) is 0 Å². The van der Waals surface area contributed by atoms with Crippen LogP contribution in [0, 0.1) is 0 Å². The first kappa shape index (κ1) is 14.8. The summed E-state index contributed by atoms with van der Waals surface area (Å²) in [4.78, 5) is 0. The molecule has 0 aliphatic heterocycles. The molecule has 0 aliphatic carbocycles. The van der Waals surface area contributed by atoms with Gasteiger partial charge in [0.2, 0.25) is 0 Å². The molecule has 0 heterocycles. The van der Waals surface area contributed by atoms with Crippen molar-refractivity contribution >= 4 is 0 Å². The van der Waals surface area contributed by atoms with Crippen LogP contribution in [0.4, 0.5) is 0 Å².